The minimum Gasteiger partial charge on any atom is -0.496 e. The molecule has 2 aliphatic heterocycles. The van der Waals surface area contributed by atoms with E-state index in [0.717, 1.165) is 62.8 Å². The van der Waals surface area contributed by atoms with Gasteiger partial charge in [-0.3, -0.25) is 14.6 Å². The molecule has 0 radical (unpaired) electrons. The van der Waals surface area contributed by atoms with Gasteiger partial charge in [0.1, 0.15) is 11.5 Å². The zero-order chi connectivity index (χ0) is 20.9. The fourth-order valence-corrected chi connectivity index (χ4v) is 4.19. The second kappa shape index (κ2) is 9.49. The maximum Gasteiger partial charge on any atom is 0.236 e. The van der Waals surface area contributed by atoms with E-state index in [1.165, 1.54) is 11.1 Å². The van der Waals surface area contributed by atoms with E-state index in [1.54, 1.807) is 12.0 Å². The van der Waals surface area contributed by atoms with Crippen LogP contribution in [0.3, 0.4) is 0 Å². The summed E-state index contributed by atoms with van der Waals surface area (Å²) in [5.41, 5.74) is 3.70. The Morgan fingerprint density at radius 3 is 2.67 bits per heavy atom. The largest absolute Gasteiger partial charge is 0.496 e. The van der Waals surface area contributed by atoms with Crippen LogP contribution in [0.25, 0.3) is 0 Å². The average Bonchev–Trinajstić information content (AvgIpc) is 3.23. The summed E-state index contributed by atoms with van der Waals surface area (Å²) >= 11 is 0. The number of hydrogen-bond donors (Lipinski definition) is 0. The first-order valence-corrected chi connectivity index (χ1v) is 10.7. The molecule has 0 aliphatic carbocycles. The highest BCUT2D eigenvalue weighted by Gasteiger charge is 2.21. The van der Waals surface area contributed by atoms with E-state index >= 15 is 0 Å². The van der Waals surface area contributed by atoms with Crippen LogP contribution in [0.4, 0.5) is 0 Å². The molecule has 0 aromatic heterocycles. The van der Waals surface area contributed by atoms with Crippen LogP contribution in [-0.4, -0.2) is 74.1 Å². The number of carbonyl (C=O) groups is 1. The number of ether oxygens (including phenoxy) is 2. The normalized spacial score (nSPS) is 16.7. The molecule has 2 aromatic rings. The molecule has 0 unspecified atom stereocenters. The third-order valence-electron chi connectivity index (χ3n) is 6.01. The first kappa shape index (κ1) is 20.7. The van der Waals surface area contributed by atoms with Gasteiger partial charge >= 0.3 is 0 Å². The summed E-state index contributed by atoms with van der Waals surface area (Å²) < 4.78 is 11.0. The van der Waals surface area contributed by atoms with E-state index in [-0.39, 0.29) is 5.91 Å². The van der Waals surface area contributed by atoms with Crippen molar-refractivity contribution < 1.29 is 14.3 Å². The van der Waals surface area contributed by atoms with Gasteiger partial charge in [-0.05, 0) is 23.3 Å². The Balaban J connectivity index is 1.23. The maximum absolute atomic E-state index is 12.7. The van der Waals surface area contributed by atoms with Crippen molar-refractivity contribution in [3.05, 3.63) is 59.2 Å². The molecular formula is C24H31N3O3. The zero-order valence-electron chi connectivity index (χ0n) is 18.0. The lowest BCUT2D eigenvalue weighted by Crippen LogP contribution is -2.49. The number of para-hydroxylation sites is 1. The molecule has 2 heterocycles. The zero-order valence-corrected chi connectivity index (χ0v) is 18.0. The molecular weight excluding hydrogens is 378 g/mol. The lowest BCUT2D eigenvalue weighted by atomic mass is 10.1. The van der Waals surface area contributed by atoms with Crippen molar-refractivity contribution in [1.29, 1.82) is 0 Å². The minimum atomic E-state index is 0.146. The molecule has 0 atom stereocenters. The fourth-order valence-electron chi connectivity index (χ4n) is 4.19. The number of hydrogen-bond acceptors (Lipinski definition) is 5. The monoisotopic (exact) mass is 409 g/mol. The first-order chi connectivity index (χ1) is 14.6. The molecule has 0 bridgehead atoms. The van der Waals surface area contributed by atoms with Crippen LogP contribution < -0.4 is 9.47 Å². The van der Waals surface area contributed by atoms with Gasteiger partial charge in [-0.15, -0.1) is 0 Å². The number of nitrogens with zero attached hydrogens (tertiary/aromatic N) is 3. The van der Waals surface area contributed by atoms with Crippen LogP contribution in [0.15, 0.2) is 42.5 Å². The van der Waals surface area contributed by atoms with Gasteiger partial charge in [0.15, 0.2) is 0 Å². The van der Waals surface area contributed by atoms with Crippen LogP contribution in [0.1, 0.15) is 16.7 Å². The van der Waals surface area contributed by atoms with Gasteiger partial charge in [0.25, 0.3) is 0 Å². The predicted molar refractivity (Wildman–Crippen MR) is 117 cm³/mol. The van der Waals surface area contributed by atoms with Crippen LogP contribution >= 0.6 is 0 Å². The van der Waals surface area contributed by atoms with Crippen LogP contribution in [0.2, 0.25) is 0 Å². The van der Waals surface area contributed by atoms with Crippen LogP contribution in [0.5, 0.6) is 11.5 Å². The SMILES string of the molecule is COc1ccccc1CN(C)C(=O)CN1CCN(Cc2ccc3c(c2)CCO3)CC1. The molecule has 2 aliphatic rings. The number of rotatable bonds is 7. The number of amides is 1. The highest BCUT2D eigenvalue weighted by Crippen LogP contribution is 2.26. The lowest BCUT2D eigenvalue weighted by molar-refractivity contribution is -0.132. The Morgan fingerprint density at radius 2 is 1.87 bits per heavy atom. The van der Waals surface area contributed by atoms with Gasteiger partial charge in [0.05, 0.1) is 20.3 Å². The molecule has 1 fully saturated rings. The number of piperazine rings is 1. The van der Waals surface area contributed by atoms with Gasteiger partial charge in [-0.2, -0.15) is 0 Å². The van der Waals surface area contributed by atoms with Crippen LogP contribution in [0, 0.1) is 0 Å². The van der Waals surface area contributed by atoms with Gasteiger partial charge in [0, 0.05) is 58.3 Å². The van der Waals surface area contributed by atoms with E-state index < -0.39 is 0 Å². The van der Waals surface area contributed by atoms with Crippen molar-refractivity contribution in [2.75, 3.05) is 53.5 Å². The van der Waals surface area contributed by atoms with E-state index in [1.807, 2.05) is 31.3 Å². The average molecular weight is 410 g/mol. The van der Waals surface area contributed by atoms with E-state index in [0.29, 0.717) is 13.1 Å². The number of methoxy groups -OCH3 is 1. The van der Waals surface area contributed by atoms with Crippen LogP contribution in [-0.2, 0) is 24.3 Å². The summed E-state index contributed by atoms with van der Waals surface area (Å²) in [6.07, 6.45) is 1.02. The Hall–Kier alpha value is -2.57. The molecule has 0 saturated carbocycles. The molecule has 0 spiro atoms. The summed E-state index contributed by atoms with van der Waals surface area (Å²) in [6, 6.07) is 14.4. The summed E-state index contributed by atoms with van der Waals surface area (Å²) in [6.45, 7) is 6.60. The maximum atomic E-state index is 12.7. The van der Waals surface area contributed by atoms with Gasteiger partial charge in [-0.1, -0.05) is 30.3 Å². The molecule has 4 rings (SSSR count). The summed E-state index contributed by atoms with van der Waals surface area (Å²) in [5, 5.41) is 0. The number of carbonyl (C=O) groups excluding carboxylic acids is 1. The van der Waals surface area contributed by atoms with Crippen molar-refractivity contribution in [2.24, 2.45) is 0 Å². The van der Waals surface area contributed by atoms with Crippen molar-refractivity contribution in [3.8, 4) is 11.5 Å². The Kier molecular flexibility index (Phi) is 6.55. The van der Waals surface area contributed by atoms with Gasteiger partial charge < -0.3 is 14.4 Å². The molecule has 30 heavy (non-hydrogen) atoms. The van der Waals surface area contributed by atoms with E-state index in [4.69, 9.17) is 9.47 Å². The fraction of sp³-hybridized carbons (Fsp3) is 0.458. The Labute approximate surface area is 179 Å². The summed E-state index contributed by atoms with van der Waals surface area (Å²) in [4.78, 5) is 19.2. The number of benzene rings is 2. The molecule has 0 N–H and O–H groups in total. The van der Waals surface area contributed by atoms with Crippen molar-refractivity contribution in [1.82, 2.24) is 14.7 Å². The summed E-state index contributed by atoms with van der Waals surface area (Å²) in [5.74, 6) is 2.01. The lowest BCUT2D eigenvalue weighted by Gasteiger charge is -2.35. The van der Waals surface area contributed by atoms with Gasteiger partial charge in [-0.25, -0.2) is 0 Å². The topological polar surface area (TPSA) is 45.2 Å². The molecule has 160 valence electrons. The smallest absolute Gasteiger partial charge is 0.236 e. The summed E-state index contributed by atoms with van der Waals surface area (Å²) in [7, 11) is 3.53. The Bertz CT molecular complexity index is 878. The molecule has 1 amide bonds. The minimum absolute atomic E-state index is 0.146. The Morgan fingerprint density at radius 1 is 1.10 bits per heavy atom. The second-order valence-corrected chi connectivity index (χ2v) is 8.15. The van der Waals surface area contributed by atoms with Crippen molar-refractivity contribution in [2.45, 2.75) is 19.5 Å². The third-order valence-corrected chi connectivity index (χ3v) is 6.01. The van der Waals surface area contributed by atoms with Gasteiger partial charge in [0.2, 0.25) is 5.91 Å². The van der Waals surface area contributed by atoms with Crippen molar-refractivity contribution in [3.63, 3.8) is 0 Å². The molecule has 6 nitrogen and oxygen atoms in total. The quantitative estimate of drug-likeness (QED) is 0.703. The highest BCUT2D eigenvalue weighted by atomic mass is 16.5. The van der Waals surface area contributed by atoms with E-state index in [9.17, 15) is 4.79 Å². The first-order valence-electron chi connectivity index (χ1n) is 10.7. The number of fused-ring (bicyclic) bond motifs is 1. The standard InChI is InChI=1S/C24H31N3O3/c1-25(17-21-5-3-4-6-22(21)29-2)24(28)18-27-12-10-26(11-13-27)16-19-7-8-23-20(15-19)9-14-30-23/h3-8,15H,9-14,16-18H2,1-2H3. The predicted octanol–water partition coefficient (Wildman–Crippen LogP) is 2.41. The second-order valence-electron chi connectivity index (χ2n) is 8.15. The molecule has 2 aromatic carbocycles. The highest BCUT2D eigenvalue weighted by molar-refractivity contribution is 5.78. The third kappa shape index (κ3) is 4.94. The molecule has 1 saturated heterocycles. The number of likely N-dealkylation sites (N-methyl/N-ethyl adjacent to an activating group) is 1. The van der Waals surface area contributed by atoms with E-state index in [2.05, 4.69) is 28.0 Å². The van der Waals surface area contributed by atoms with Crippen molar-refractivity contribution >= 4 is 5.91 Å². The molecule has 6 heteroatoms.